The molecule has 1 unspecified atom stereocenters. The number of ether oxygens (including phenoxy) is 2. The molecule has 20 heavy (non-hydrogen) atoms. The second-order valence-corrected chi connectivity index (χ2v) is 5.87. The third-order valence-corrected chi connectivity index (χ3v) is 4.35. The first-order valence-corrected chi connectivity index (χ1v) is 7.26. The molecule has 0 saturated heterocycles. The van der Waals surface area contributed by atoms with Crippen molar-refractivity contribution in [3.8, 4) is 11.5 Å². The minimum absolute atomic E-state index is 0.0316. The van der Waals surface area contributed by atoms with E-state index in [1.165, 1.54) is 0 Å². The minimum Gasteiger partial charge on any atom is -0.486 e. The lowest BCUT2D eigenvalue weighted by Crippen LogP contribution is -2.18. The Labute approximate surface area is 122 Å². The lowest BCUT2D eigenvalue weighted by Gasteiger charge is -2.25. The zero-order valence-corrected chi connectivity index (χ0v) is 12.1. The summed E-state index contributed by atoms with van der Waals surface area (Å²) in [7, 11) is 0. The monoisotopic (exact) mass is 296 g/mol. The number of aliphatic carboxylic acids is 1. The summed E-state index contributed by atoms with van der Waals surface area (Å²) < 4.78 is 11.2. The summed E-state index contributed by atoms with van der Waals surface area (Å²) >= 11 is 6.48. The first-order valence-electron chi connectivity index (χ1n) is 6.88. The van der Waals surface area contributed by atoms with E-state index in [0.717, 1.165) is 24.0 Å². The Hall–Kier alpha value is -1.42. The van der Waals surface area contributed by atoms with E-state index >= 15 is 0 Å². The average molecular weight is 297 g/mol. The molecule has 0 radical (unpaired) electrons. The first kappa shape index (κ1) is 13.6. The lowest BCUT2D eigenvalue weighted by atomic mass is 9.87. The summed E-state index contributed by atoms with van der Waals surface area (Å²) in [5.41, 5.74) is 1.90. The van der Waals surface area contributed by atoms with Gasteiger partial charge in [0.15, 0.2) is 11.5 Å². The normalized spacial score (nSPS) is 18.7. The molecule has 4 nitrogen and oxygen atoms in total. The molecule has 0 amide bonds. The topological polar surface area (TPSA) is 55.8 Å². The zero-order chi connectivity index (χ0) is 14.3. The van der Waals surface area contributed by atoms with Crippen LogP contribution < -0.4 is 9.47 Å². The predicted octanol–water partition coefficient (Wildman–Crippen LogP) is 3.39. The summed E-state index contributed by atoms with van der Waals surface area (Å²) in [6.45, 7) is 2.95. The molecule has 0 bridgehead atoms. The second kappa shape index (κ2) is 5.17. The fourth-order valence-electron chi connectivity index (χ4n) is 2.93. The van der Waals surface area contributed by atoms with Gasteiger partial charge in [0.2, 0.25) is 0 Å². The summed E-state index contributed by atoms with van der Waals surface area (Å²) in [6, 6.07) is 1.91. The zero-order valence-electron chi connectivity index (χ0n) is 11.3. The molecule has 5 heteroatoms. The van der Waals surface area contributed by atoms with E-state index in [9.17, 15) is 4.79 Å². The molecule has 1 aliphatic heterocycles. The number of hydrogen-bond donors (Lipinski definition) is 1. The maximum atomic E-state index is 11.1. The largest absolute Gasteiger partial charge is 0.486 e. The van der Waals surface area contributed by atoms with Crippen LogP contribution >= 0.6 is 11.6 Å². The molecule has 2 aliphatic rings. The molecule has 3 rings (SSSR count). The van der Waals surface area contributed by atoms with Crippen molar-refractivity contribution in [2.45, 2.75) is 32.1 Å². The first-order chi connectivity index (χ1) is 9.58. The van der Waals surface area contributed by atoms with Gasteiger partial charge in [-0.3, -0.25) is 4.79 Å². The highest BCUT2D eigenvalue weighted by Gasteiger charge is 2.37. The van der Waals surface area contributed by atoms with Gasteiger partial charge in [-0.1, -0.05) is 11.6 Å². The molecule has 1 N–H and O–H groups in total. The molecular weight excluding hydrogens is 280 g/mol. The standard InChI is InChI=1S/C15H17ClO4/c1-8-6-11-15(20-5-4-19-11)14(16)13(8)10(7-12(17)18)9-2-3-9/h6,9-10H,2-5,7H2,1H3,(H,17,18). The van der Waals surface area contributed by atoms with E-state index in [4.69, 9.17) is 26.2 Å². The van der Waals surface area contributed by atoms with Crippen LogP contribution in [0, 0.1) is 12.8 Å². The number of aryl methyl sites for hydroxylation is 1. The van der Waals surface area contributed by atoms with Crippen LogP contribution in [0.4, 0.5) is 0 Å². The van der Waals surface area contributed by atoms with Crippen molar-refractivity contribution < 1.29 is 19.4 Å². The molecule has 1 fully saturated rings. The number of fused-ring (bicyclic) bond motifs is 1. The van der Waals surface area contributed by atoms with E-state index in [-0.39, 0.29) is 12.3 Å². The summed E-state index contributed by atoms with van der Waals surface area (Å²) in [5.74, 6) is 0.829. The van der Waals surface area contributed by atoms with Gasteiger partial charge >= 0.3 is 5.97 Å². The molecule has 1 atom stereocenters. The van der Waals surface area contributed by atoms with Gasteiger partial charge in [-0.2, -0.15) is 0 Å². The van der Waals surface area contributed by atoms with E-state index in [1.54, 1.807) is 0 Å². The number of carbonyl (C=O) groups is 1. The number of rotatable bonds is 4. The molecule has 1 heterocycles. The van der Waals surface area contributed by atoms with Crippen molar-refractivity contribution in [2.75, 3.05) is 13.2 Å². The van der Waals surface area contributed by atoms with E-state index in [2.05, 4.69) is 0 Å². The smallest absolute Gasteiger partial charge is 0.303 e. The fourth-order valence-corrected chi connectivity index (χ4v) is 3.36. The van der Waals surface area contributed by atoms with Crippen molar-refractivity contribution >= 4 is 17.6 Å². The van der Waals surface area contributed by atoms with Gasteiger partial charge in [-0.15, -0.1) is 0 Å². The van der Waals surface area contributed by atoms with Crippen LogP contribution in [0.5, 0.6) is 11.5 Å². The Morgan fingerprint density at radius 3 is 2.80 bits per heavy atom. The molecule has 1 aromatic carbocycles. The second-order valence-electron chi connectivity index (χ2n) is 5.49. The van der Waals surface area contributed by atoms with Gasteiger partial charge in [0.05, 0.1) is 11.4 Å². The summed E-state index contributed by atoms with van der Waals surface area (Å²) in [4.78, 5) is 11.1. The van der Waals surface area contributed by atoms with E-state index < -0.39 is 5.97 Å². The molecule has 1 aromatic rings. The third-order valence-electron chi connectivity index (χ3n) is 3.98. The van der Waals surface area contributed by atoms with Crippen LogP contribution in [0.1, 0.15) is 36.3 Å². The van der Waals surface area contributed by atoms with Crippen LogP contribution in [0.25, 0.3) is 0 Å². The minimum atomic E-state index is -0.785. The Morgan fingerprint density at radius 2 is 2.15 bits per heavy atom. The highest BCUT2D eigenvalue weighted by Crippen LogP contribution is 2.51. The molecule has 108 valence electrons. The maximum absolute atomic E-state index is 11.1. The van der Waals surface area contributed by atoms with Gasteiger partial charge in [-0.05, 0) is 48.8 Å². The average Bonchev–Trinajstić information content (AvgIpc) is 3.21. The third kappa shape index (κ3) is 2.44. The maximum Gasteiger partial charge on any atom is 0.303 e. The van der Waals surface area contributed by atoms with Gasteiger partial charge in [-0.25, -0.2) is 0 Å². The summed E-state index contributed by atoms with van der Waals surface area (Å²) in [5, 5.41) is 9.67. The Bertz CT molecular complexity index is 551. The number of carboxylic acids is 1. The van der Waals surface area contributed by atoms with Crippen molar-refractivity contribution in [3.63, 3.8) is 0 Å². The number of hydrogen-bond acceptors (Lipinski definition) is 3. The lowest BCUT2D eigenvalue weighted by molar-refractivity contribution is -0.137. The summed E-state index contributed by atoms with van der Waals surface area (Å²) in [6.07, 6.45) is 2.26. The molecule has 1 aliphatic carbocycles. The van der Waals surface area contributed by atoms with Crippen molar-refractivity contribution in [2.24, 2.45) is 5.92 Å². The SMILES string of the molecule is Cc1cc2c(c(Cl)c1C(CC(=O)O)C1CC1)OCCO2. The predicted molar refractivity (Wildman–Crippen MR) is 74.9 cm³/mol. The molecular formula is C15H17ClO4. The van der Waals surface area contributed by atoms with Crippen LogP contribution in [-0.4, -0.2) is 24.3 Å². The van der Waals surface area contributed by atoms with Gasteiger partial charge in [0.1, 0.15) is 13.2 Å². The van der Waals surface area contributed by atoms with Crippen molar-refractivity contribution in [1.29, 1.82) is 0 Å². The highest BCUT2D eigenvalue weighted by molar-refractivity contribution is 6.33. The van der Waals surface area contributed by atoms with Gasteiger partial charge in [0.25, 0.3) is 0 Å². The number of carboxylic acid groups (broad SMARTS) is 1. The molecule has 0 aromatic heterocycles. The van der Waals surface area contributed by atoms with Crippen LogP contribution in [0.2, 0.25) is 5.02 Å². The quantitative estimate of drug-likeness (QED) is 0.925. The molecule has 1 saturated carbocycles. The van der Waals surface area contributed by atoms with Crippen LogP contribution in [0.3, 0.4) is 0 Å². The van der Waals surface area contributed by atoms with Gasteiger partial charge in [0, 0.05) is 0 Å². The van der Waals surface area contributed by atoms with E-state index in [1.807, 2.05) is 13.0 Å². The Kier molecular flexibility index (Phi) is 3.50. The van der Waals surface area contributed by atoms with Crippen LogP contribution in [0.15, 0.2) is 6.07 Å². The van der Waals surface area contributed by atoms with Crippen molar-refractivity contribution in [1.82, 2.24) is 0 Å². The number of benzene rings is 1. The van der Waals surface area contributed by atoms with Gasteiger partial charge < -0.3 is 14.6 Å². The number of halogens is 1. The van der Waals surface area contributed by atoms with Crippen LogP contribution in [-0.2, 0) is 4.79 Å². The van der Waals surface area contributed by atoms with E-state index in [0.29, 0.717) is 35.7 Å². The molecule has 0 spiro atoms. The Balaban J connectivity index is 2.04. The fraction of sp³-hybridized carbons (Fsp3) is 0.533. The highest BCUT2D eigenvalue weighted by atomic mass is 35.5. The van der Waals surface area contributed by atoms with Crippen molar-refractivity contribution in [3.05, 3.63) is 22.2 Å². The Morgan fingerprint density at radius 1 is 1.45 bits per heavy atom.